The van der Waals surface area contributed by atoms with E-state index in [2.05, 4.69) is 10.3 Å². The van der Waals surface area contributed by atoms with Crippen LogP contribution in [-0.2, 0) is 10.3 Å². The summed E-state index contributed by atoms with van der Waals surface area (Å²) in [6, 6.07) is 25.1. The molecule has 0 atom stereocenters. The number of fused-ring (bicyclic) bond motifs is 1. The first-order valence-electron chi connectivity index (χ1n) is 10.4. The van der Waals surface area contributed by atoms with Gasteiger partial charge < -0.3 is 10.3 Å². The molecule has 1 aromatic heterocycles. The number of nitrogens with one attached hydrogen (secondary N) is 2. The zero-order valence-corrected chi connectivity index (χ0v) is 17.5. The summed E-state index contributed by atoms with van der Waals surface area (Å²) in [6.07, 6.45) is 0. The number of carbonyl (C=O) groups excluding carboxylic acids is 3. The van der Waals surface area contributed by atoms with Crippen LogP contribution in [0.5, 0.6) is 0 Å². The number of Topliss-reactive ketones (excluding diaryl/α,β-unsaturated/α-hetero) is 1. The van der Waals surface area contributed by atoms with Crippen LogP contribution in [0.2, 0.25) is 0 Å². The minimum absolute atomic E-state index is 0.291. The molecule has 5 rings (SSSR count). The number of para-hydroxylation sites is 1. The van der Waals surface area contributed by atoms with Crippen LogP contribution in [0.1, 0.15) is 27.2 Å². The molecule has 6 heteroatoms. The Balaban J connectivity index is 1.55. The van der Waals surface area contributed by atoms with Crippen LogP contribution in [0.25, 0.3) is 10.9 Å². The number of hydrogen-bond acceptors (Lipinski definition) is 3. The zero-order valence-electron chi connectivity index (χ0n) is 17.5. The van der Waals surface area contributed by atoms with Crippen molar-refractivity contribution in [3.63, 3.8) is 0 Å². The molecule has 0 bridgehead atoms. The zero-order chi connectivity index (χ0) is 22.3. The molecule has 6 nitrogen and oxygen atoms in total. The predicted octanol–water partition coefficient (Wildman–Crippen LogP) is 4.15. The third-order valence-electron chi connectivity index (χ3n) is 5.99. The van der Waals surface area contributed by atoms with E-state index in [0.29, 0.717) is 22.4 Å². The lowest BCUT2D eigenvalue weighted by Crippen LogP contribution is -2.45. The van der Waals surface area contributed by atoms with E-state index in [1.165, 1.54) is 0 Å². The molecule has 4 aromatic rings. The molecule has 0 unspecified atom stereocenters. The summed E-state index contributed by atoms with van der Waals surface area (Å²) >= 11 is 0. The number of aromatic amines is 1. The Labute approximate surface area is 184 Å². The van der Waals surface area contributed by atoms with Crippen molar-refractivity contribution in [3.8, 4) is 0 Å². The molecule has 0 spiro atoms. The first-order valence-corrected chi connectivity index (χ1v) is 10.4. The van der Waals surface area contributed by atoms with Gasteiger partial charge in [0.2, 0.25) is 0 Å². The predicted molar refractivity (Wildman–Crippen MR) is 121 cm³/mol. The monoisotopic (exact) mass is 423 g/mol. The summed E-state index contributed by atoms with van der Waals surface area (Å²) < 4.78 is 0. The summed E-state index contributed by atoms with van der Waals surface area (Å²) in [5.74, 6) is -0.758. The van der Waals surface area contributed by atoms with E-state index in [0.717, 1.165) is 15.8 Å². The molecule has 0 aliphatic carbocycles. The van der Waals surface area contributed by atoms with Gasteiger partial charge in [0.25, 0.3) is 5.91 Å². The van der Waals surface area contributed by atoms with E-state index in [1.807, 2.05) is 67.6 Å². The normalized spacial score (nSPS) is 15.2. The summed E-state index contributed by atoms with van der Waals surface area (Å²) in [7, 11) is 0. The number of benzene rings is 3. The second-order valence-electron chi connectivity index (χ2n) is 7.90. The molecular weight excluding hydrogens is 402 g/mol. The molecule has 158 valence electrons. The standard InChI is InChI=1S/C26H21N3O3/c1-17-23(20-14-8-9-15-21(20)27-17)22(30)16-29-24(31)26(28-25(29)32,18-10-4-2-5-11-18)19-12-6-3-7-13-19/h2-15,27H,16H2,1H3,(H,28,32). The second kappa shape index (κ2) is 7.50. The third-order valence-corrected chi connectivity index (χ3v) is 5.99. The number of H-pyrrole nitrogens is 1. The summed E-state index contributed by atoms with van der Waals surface area (Å²) in [6.45, 7) is 1.48. The Bertz CT molecular complexity index is 1300. The van der Waals surface area contributed by atoms with Crippen LogP contribution in [0.4, 0.5) is 4.79 Å². The van der Waals surface area contributed by atoms with Crippen LogP contribution in [0, 0.1) is 6.92 Å². The van der Waals surface area contributed by atoms with E-state index in [1.54, 1.807) is 24.3 Å². The third kappa shape index (κ3) is 2.92. The van der Waals surface area contributed by atoms with Crippen molar-refractivity contribution in [2.45, 2.75) is 12.5 Å². The number of aryl methyl sites for hydroxylation is 1. The van der Waals surface area contributed by atoms with E-state index in [9.17, 15) is 14.4 Å². The van der Waals surface area contributed by atoms with Gasteiger partial charge in [0.15, 0.2) is 11.3 Å². The van der Waals surface area contributed by atoms with Crippen molar-refractivity contribution in [2.24, 2.45) is 0 Å². The number of ketones is 1. The Hall–Kier alpha value is -4.19. The van der Waals surface area contributed by atoms with Gasteiger partial charge >= 0.3 is 6.03 Å². The summed E-state index contributed by atoms with van der Waals surface area (Å²) in [5.41, 5.74) is 1.95. The molecule has 1 fully saturated rings. The Morgan fingerprint density at radius 3 is 2.03 bits per heavy atom. The fourth-order valence-corrected chi connectivity index (χ4v) is 4.51. The van der Waals surface area contributed by atoms with Crippen LogP contribution in [-0.4, -0.2) is 34.2 Å². The van der Waals surface area contributed by atoms with Gasteiger partial charge in [-0.1, -0.05) is 78.9 Å². The number of hydrogen-bond donors (Lipinski definition) is 2. The summed E-state index contributed by atoms with van der Waals surface area (Å²) in [5, 5.41) is 3.66. The minimum Gasteiger partial charge on any atom is -0.358 e. The van der Waals surface area contributed by atoms with Crippen LogP contribution in [0.15, 0.2) is 84.9 Å². The quantitative estimate of drug-likeness (QED) is 0.374. The first kappa shape index (κ1) is 19.8. The second-order valence-corrected chi connectivity index (χ2v) is 7.90. The Kier molecular flexibility index (Phi) is 4.63. The van der Waals surface area contributed by atoms with Gasteiger partial charge in [-0.3, -0.25) is 14.5 Å². The largest absolute Gasteiger partial charge is 0.358 e. The molecule has 2 heterocycles. The molecule has 1 saturated heterocycles. The maximum atomic E-state index is 13.8. The topological polar surface area (TPSA) is 82.3 Å². The van der Waals surface area contributed by atoms with E-state index < -0.39 is 17.5 Å². The minimum atomic E-state index is -1.38. The molecule has 1 aliphatic heterocycles. The number of rotatable bonds is 5. The Morgan fingerprint density at radius 2 is 1.41 bits per heavy atom. The van der Waals surface area contributed by atoms with E-state index >= 15 is 0 Å². The van der Waals surface area contributed by atoms with Crippen molar-refractivity contribution in [1.29, 1.82) is 0 Å². The molecule has 1 aliphatic rings. The molecule has 3 aromatic carbocycles. The number of imide groups is 1. The van der Waals surface area contributed by atoms with Crippen molar-refractivity contribution >= 4 is 28.6 Å². The van der Waals surface area contributed by atoms with Crippen LogP contribution in [0.3, 0.4) is 0 Å². The van der Waals surface area contributed by atoms with E-state index in [-0.39, 0.29) is 12.3 Å². The number of aromatic nitrogens is 1. The highest BCUT2D eigenvalue weighted by molar-refractivity contribution is 6.16. The number of urea groups is 1. The fraction of sp³-hybridized carbons (Fsp3) is 0.115. The van der Waals surface area contributed by atoms with Crippen LogP contribution >= 0.6 is 0 Å². The smallest absolute Gasteiger partial charge is 0.325 e. The van der Waals surface area contributed by atoms with E-state index in [4.69, 9.17) is 0 Å². The highest BCUT2D eigenvalue weighted by Gasteiger charge is 2.54. The number of nitrogens with zero attached hydrogens (tertiary/aromatic N) is 1. The molecule has 2 N–H and O–H groups in total. The van der Waals surface area contributed by atoms with Gasteiger partial charge in [-0.15, -0.1) is 0 Å². The lowest BCUT2D eigenvalue weighted by atomic mass is 9.82. The molecule has 0 saturated carbocycles. The number of carbonyl (C=O) groups is 3. The van der Waals surface area contributed by atoms with Gasteiger partial charge in [0.1, 0.15) is 0 Å². The van der Waals surface area contributed by atoms with Crippen LogP contribution < -0.4 is 5.32 Å². The van der Waals surface area contributed by atoms with Gasteiger partial charge in [0.05, 0.1) is 6.54 Å². The Morgan fingerprint density at radius 1 is 0.844 bits per heavy atom. The lowest BCUT2D eigenvalue weighted by Gasteiger charge is -2.28. The van der Waals surface area contributed by atoms with Crippen molar-refractivity contribution in [3.05, 3.63) is 107 Å². The van der Waals surface area contributed by atoms with Crippen molar-refractivity contribution < 1.29 is 14.4 Å². The molecule has 3 amide bonds. The highest BCUT2D eigenvalue weighted by Crippen LogP contribution is 2.36. The first-order chi connectivity index (χ1) is 15.5. The highest BCUT2D eigenvalue weighted by atomic mass is 16.2. The maximum absolute atomic E-state index is 13.8. The lowest BCUT2D eigenvalue weighted by molar-refractivity contribution is -0.129. The van der Waals surface area contributed by atoms with Gasteiger partial charge in [0, 0.05) is 22.2 Å². The maximum Gasteiger partial charge on any atom is 0.325 e. The number of amides is 3. The van der Waals surface area contributed by atoms with Crippen molar-refractivity contribution in [2.75, 3.05) is 6.54 Å². The van der Waals surface area contributed by atoms with Crippen molar-refractivity contribution in [1.82, 2.24) is 15.2 Å². The van der Waals surface area contributed by atoms with Gasteiger partial charge in [-0.2, -0.15) is 0 Å². The summed E-state index contributed by atoms with van der Waals surface area (Å²) in [4.78, 5) is 44.3. The molecule has 0 radical (unpaired) electrons. The molecule has 32 heavy (non-hydrogen) atoms. The average Bonchev–Trinajstić information content (AvgIpc) is 3.29. The average molecular weight is 423 g/mol. The van der Waals surface area contributed by atoms with Gasteiger partial charge in [-0.05, 0) is 24.1 Å². The molecular formula is C26H21N3O3. The SMILES string of the molecule is Cc1[nH]c2ccccc2c1C(=O)CN1C(=O)NC(c2ccccc2)(c2ccccc2)C1=O. The fourth-order valence-electron chi connectivity index (χ4n) is 4.51. The van der Waals surface area contributed by atoms with Gasteiger partial charge in [-0.25, -0.2) is 4.79 Å².